The molecule has 1 unspecified atom stereocenters. The molecule has 0 saturated heterocycles. The summed E-state index contributed by atoms with van der Waals surface area (Å²) in [5.74, 6) is -0.0914. The van der Waals surface area contributed by atoms with Crippen molar-refractivity contribution in [1.29, 1.82) is 0 Å². The van der Waals surface area contributed by atoms with Crippen molar-refractivity contribution in [2.75, 3.05) is 13.1 Å². The quantitative estimate of drug-likeness (QED) is 0.845. The monoisotopic (exact) mass is 345 g/mol. The van der Waals surface area contributed by atoms with Gasteiger partial charge in [0.2, 0.25) is 5.91 Å². The second-order valence-corrected chi connectivity index (χ2v) is 6.93. The summed E-state index contributed by atoms with van der Waals surface area (Å²) in [6.07, 6.45) is 0.844. The van der Waals surface area contributed by atoms with Gasteiger partial charge < -0.3 is 11.1 Å². The Morgan fingerprint density at radius 1 is 1.48 bits per heavy atom. The van der Waals surface area contributed by atoms with E-state index < -0.39 is 0 Å². The van der Waals surface area contributed by atoms with Gasteiger partial charge >= 0.3 is 0 Å². The first-order valence-corrected chi connectivity index (χ1v) is 8.28. The first kappa shape index (κ1) is 18.1. The number of carbonyl (C=O) groups excluding carboxylic acids is 1. The smallest absolute Gasteiger partial charge is 0.224 e. The third-order valence-corrected chi connectivity index (χ3v) is 4.95. The van der Waals surface area contributed by atoms with Gasteiger partial charge in [0.15, 0.2) is 0 Å². The highest BCUT2D eigenvalue weighted by Gasteiger charge is 2.10. The molecule has 2 rings (SSSR count). The van der Waals surface area contributed by atoms with Gasteiger partial charge in [-0.1, -0.05) is 6.92 Å². The Bertz CT molecular complexity index is 582. The summed E-state index contributed by atoms with van der Waals surface area (Å²) in [6.45, 7) is 4.89. The Hall–Kier alpha value is -0.950. The molecule has 0 aliphatic rings. The maximum atomic E-state index is 11.6. The van der Waals surface area contributed by atoms with Crippen molar-refractivity contribution in [3.63, 3.8) is 0 Å². The zero-order valence-corrected chi connectivity index (χ0v) is 14.5. The van der Waals surface area contributed by atoms with Crippen LogP contribution in [0.2, 0.25) is 0 Å². The minimum Gasteiger partial charge on any atom is -0.355 e. The van der Waals surface area contributed by atoms with Gasteiger partial charge in [-0.15, -0.1) is 35.1 Å². The highest BCUT2D eigenvalue weighted by molar-refractivity contribution is 7.16. The molecular formula is C14H20ClN3OS2. The molecule has 21 heavy (non-hydrogen) atoms. The molecule has 2 aromatic rings. The summed E-state index contributed by atoms with van der Waals surface area (Å²) in [4.78, 5) is 18.5. The summed E-state index contributed by atoms with van der Waals surface area (Å²) in [6, 6.07) is 4.20. The van der Waals surface area contributed by atoms with Gasteiger partial charge in [0.05, 0.1) is 15.6 Å². The van der Waals surface area contributed by atoms with E-state index in [2.05, 4.69) is 27.8 Å². The van der Waals surface area contributed by atoms with Gasteiger partial charge in [0.25, 0.3) is 0 Å². The van der Waals surface area contributed by atoms with E-state index in [1.807, 2.05) is 13.8 Å². The molecule has 3 N–H and O–H groups in total. The molecule has 1 amide bonds. The van der Waals surface area contributed by atoms with E-state index in [1.165, 1.54) is 9.75 Å². The van der Waals surface area contributed by atoms with E-state index in [0.29, 0.717) is 13.1 Å². The van der Waals surface area contributed by atoms with Crippen LogP contribution in [0.4, 0.5) is 0 Å². The van der Waals surface area contributed by atoms with Gasteiger partial charge in [-0.3, -0.25) is 4.79 Å². The van der Waals surface area contributed by atoms with E-state index in [4.69, 9.17) is 5.73 Å². The van der Waals surface area contributed by atoms with E-state index in [0.717, 1.165) is 17.1 Å². The lowest BCUT2D eigenvalue weighted by Crippen LogP contribution is -2.34. The fourth-order valence-corrected chi connectivity index (χ4v) is 3.37. The number of aromatic nitrogens is 1. The fourth-order valence-electron chi connectivity index (χ4n) is 1.72. The van der Waals surface area contributed by atoms with Gasteiger partial charge in [-0.25, -0.2) is 4.98 Å². The average molecular weight is 346 g/mol. The number of nitrogens with zero attached hydrogens (tertiary/aromatic N) is 1. The lowest BCUT2D eigenvalue weighted by Gasteiger charge is -2.08. The van der Waals surface area contributed by atoms with Crippen LogP contribution in [0.1, 0.15) is 16.8 Å². The number of hydrogen-bond donors (Lipinski definition) is 2. The van der Waals surface area contributed by atoms with Crippen molar-refractivity contribution in [3.05, 3.63) is 27.4 Å². The van der Waals surface area contributed by atoms with Crippen LogP contribution in [0.15, 0.2) is 17.5 Å². The lowest BCUT2D eigenvalue weighted by atomic mass is 10.1. The third-order valence-electron chi connectivity index (χ3n) is 3.00. The van der Waals surface area contributed by atoms with Crippen molar-refractivity contribution < 1.29 is 4.79 Å². The van der Waals surface area contributed by atoms with Crippen LogP contribution in [0.3, 0.4) is 0 Å². The zero-order chi connectivity index (χ0) is 14.5. The van der Waals surface area contributed by atoms with Crippen molar-refractivity contribution >= 4 is 41.0 Å². The summed E-state index contributed by atoms with van der Waals surface area (Å²) in [5, 5.41) is 6.07. The van der Waals surface area contributed by atoms with E-state index in [9.17, 15) is 4.79 Å². The minimum absolute atomic E-state index is 0. The van der Waals surface area contributed by atoms with Crippen molar-refractivity contribution in [2.24, 2.45) is 11.7 Å². The Balaban J connectivity index is 0.00000220. The van der Waals surface area contributed by atoms with Gasteiger partial charge in [-0.2, -0.15) is 0 Å². The molecule has 0 aromatic carbocycles. The van der Waals surface area contributed by atoms with Crippen LogP contribution in [0, 0.1) is 12.8 Å². The molecule has 7 heteroatoms. The molecule has 0 fully saturated rings. The van der Waals surface area contributed by atoms with E-state index >= 15 is 0 Å². The number of aryl methyl sites for hydroxylation is 1. The number of nitrogens with one attached hydrogen (secondary N) is 1. The Kier molecular flexibility index (Phi) is 7.31. The maximum absolute atomic E-state index is 11.6. The van der Waals surface area contributed by atoms with Crippen LogP contribution in [0.25, 0.3) is 10.6 Å². The van der Waals surface area contributed by atoms with Crippen LogP contribution in [-0.2, 0) is 11.2 Å². The first-order valence-electron chi connectivity index (χ1n) is 6.59. The number of thiazole rings is 1. The standard InChI is InChI=1S/C14H19N3OS2.ClH/c1-9(7-15)14(18)16-6-5-11-3-4-13(20-11)12-8-19-10(2)17-12;/h3-4,8-9H,5-7,15H2,1-2H3,(H,16,18);1H. The molecule has 0 aliphatic carbocycles. The highest BCUT2D eigenvalue weighted by Crippen LogP contribution is 2.29. The Labute approximate surface area is 139 Å². The summed E-state index contributed by atoms with van der Waals surface area (Å²) >= 11 is 3.40. The molecule has 0 bridgehead atoms. The predicted molar refractivity (Wildman–Crippen MR) is 92.3 cm³/mol. The minimum atomic E-state index is -0.119. The van der Waals surface area contributed by atoms with Crippen molar-refractivity contribution in [3.8, 4) is 10.6 Å². The molecule has 116 valence electrons. The average Bonchev–Trinajstić information content (AvgIpc) is 3.06. The van der Waals surface area contributed by atoms with Crippen molar-refractivity contribution in [2.45, 2.75) is 20.3 Å². The van der Waals surface area contributed by atoms with Crippen molar-refractivity contribution in [1.82, 2.24) is 10.3 Å². The second-order valence-electron chi connectivity index (χ2n) is 4.70. The SMILES string of the molecule is Cc1nc(-c2ccc(CCNC(=O)C(C)CN)s2)cs1.Cl. The number of halogens is 1. The molecule has 0 radical (unpaired) electrons. The number of rotatable bonds is 6. The number of hydrogen-bond acceptors (Lipinski definition) is 5. The third kappa shape index (κ3) is 5.07. The number of carbonyl (C=O) groups is 1. The Morgan fingerprint density at radius 3 is 2.86 bits per heavy atom. The second kappa shape index (κ2) is 8.48. The number of nitrogens with two attached hydrogens (primary N) is 1. The molecule has 2 heterocycles. The fraction of sp³-hybridized carbons (Fsp3) is 0.429. The van der Waals surface area contributed by atoms with Gasteiger partial charge in [0, 0.05) is 29.3 Å². The van der Waals surface area contributed by atoms with Crippen LogP contribution < -0.4 is 11.1 Å². The van der Waals surface area contributed by atoms with Crippen LogP contribution in [-0.4, -0.2) is 24.0 Å². The Morgan fingerprint density at radius 2 is 2.24 bits per heavy atom. The van der Waals surface area contributed by atoms with E-state index in [-0.39, 0.29) is 24.2 Å². The maximum Gasteiger partial charge on any atom is 0.224 e. The van der Waals surface area contributed by atoms with Crippen LogP contribution >= 0.6 is 35.1 Å². The molecule has 1 atom stereocenters. The molecule has 0 aliphatic heterocycles. The van der Waals surface area contributed by atoms with Gasteiger partial charge in [0.1, 0.15) is 0 Å². The van der Waals surface area contributed by atoms with Gasteiger partial charge in [-0.05, 0) is 25.5 Å². The number of thiophene rings is 1. The first-order chi connectivity index (χ1) is 9.60. The normalized spacial score (nSPS) is 11.8. The molecule has 2 aromatic heterocycles. The zero-order valence-electron chi connectivity index (χ0n) is 12.1. The summed E-state index contributed by atoms with van der Waals surface area (Å²) in [5.41, 5.74) is 6.51. The van der Waals surface area contributed by atoms with E-state index in [1.54, 1.807) is 22.7 Å². The topological polar surface area (TPSA) is 68.0 Å². The molecule has 4 nitrogen and oxygen atoms in total. The predicted octanol–water partition coefficient (Wildman–Crippen LogP) is 2.86. The van der Waals surface area contributed by atoms with Crippen LogP contribution in [0.5, 0.6) is 0 Å². The molecule has 0 spiro atoms. The summed E-state index contributed by atoms with van der Waals surface area (Å²) < 4.78 is 0. The summed E-state index contributed by atoms with van der Waals surface area (Å²) in [7, 11) is 0. The molecule has 0 saturated carbocycles. The lowest BCUT2D eigenvalue weighted by molar-refractivity contribution is -0.124. The largest absolute Gasteiger partial charge is 0.355 e. The highest BCUT2D eigenvalue weighted by atomic mass is 35.5. The molecular weight excluding hydrogens is 326 g/mol. The number of amides is 1.